The molecule has 1 N–H and O–H groups in total. The fourth-order valence-electron chi connectivity index (χ4n) is 2.93. The van der Waals surface area contributed by atoms with Gasteiger partial charge < -0.3 is 19.3 Å². The Hall–Kier alpha value is -2.19. The number of benzene rings is 1. The molecule has 1 saturated heterocycles. The first-order valence-electron chi connectivity index (χ1n) is 9.16. The second-order valence-electron chi connectivity index (χ2n) is 7.13. The van der Waals surface area contributed by atoms with Gasteiger partial charge in [0.15, 0.2) is 11.9 Å². The molecule has 1 atom stereocenters. The third-order valence-corrected chi connectivity index (χ3v) is 4.94. The molecule has 1 aromatic carbocycles. The molecule has 1 fully saturated rings. The highest BCUT2D eigenvalue weighted by molar-refractivity contribution is 6.32. The topological polar surface area (TPSA) is 86.5 Å². The van der Waals surface area contributed by atoms with Crippen molar-refractivity contribution < 1.29 is 23.2 Å². The molecule has 152 valence electrons. The lowest BCUT2D eigenvalue weighted by atomic mass is 9.89. The van der Waals surface area contributed by atoms with Crippen LogP contribution in [0.15, 0.2) is 22.7 Å². The molecule has 28 heavy (non-hydrogen) atoms. The summed E-state index contributed by atoms with van der Waals surface area (Å²) in [4.78, 5) is 17.3. The maximum atomic E-state index is 13.2. The highest BCUT2D eigenvalue weighted by Crippen LogP contribution is 2.32. The van der Waals surface area contributed by atoms with Crippen LogP contribution in [0, 0.1) is 5.82 Å². The van der Waals surface area contributed by atoms with Gasteiger partial charge in [-0.15, -0.1) is 0 Å². The highest BCUT2D eigenvalue weighted by Gasteiger charge is 2.42. The van der Waals surface area contributed by atoms with Crippen LogP contribution in [0.5, 0.6) is 5.75 Å². The van der Waals surface area contributed by atoms with Crippen molar-refractivity contribution in [2.75, 3.05) is 13.2 Å². The zero-order valence-corrected chi connectivity index (χ0v) is 16.8. The summed E-state index contributed by atoms with van der Waals surface area (Å²) >= 11 is 5.98. The van der Waals surface area contributed by atoms with E-state index in [0.717, 1.165) is 6.07 Å². The van der Waals surface area contributed by atoms with Crippen LogP contribution >= 0.6 is 11.6 Å². The first kappa shape index (κ1) is 20.5. The quantitative estimate of drug-likeness (QED) is 0.781. The Bertz CT molecular complexity index is 836. The number of nitrogens with zero attached hydrogens (tertiary/aromatic N) is 2. The normalized spacial score (nSPS) is 17.4. The molecule has 2 aromatic rings. The van der Waals surface area contributed by atoms with E-state index >= 15 is 0 Å². The first-order chi connectivity index (χ1) is 13.3. The maximum Gasteiger partial charge on any atom is 0.261 e. The van der Waals surface area contributed by atoms with Gasteiger partial charge in [-0.3, -0.25) is 4.79 Å². The minimum Gasteiger partial charge on any atom is -0.479 e. The van der Waals surface area contributed by atoms with E-state index in [1.807, 2.05) is 13.8 Å². The monoisotopic (exact) mass is 411 g/mol. The Morgan fingerprint density at radius 3 is 2.64 bits per heavy atom. The second-order valence-corrected chi connectivity index (χ2v) is 7.54. The van der Waals surface area contributed by atoms with Gasteiger partial charge >= 0.3 is 0 Å². The predicted octanol–water partition coefficient (Wildman–Crippen LogP) is 3.57. The van der Waals surface area contributed by atoms with Crippen molar-refractivity contribution in [2.45, 2.75) is 51.2 Å². The molecule has 0 radical (unpaired) electrons. The van der Waals surface area contributed by atoms with Crippen LogP contribution in [-0.4, -0.2) is 35.4 Å². The average molecular weight is 412 g/mol. The van der Waals surface area contributed by atoms with Crippen molar-refractivity contribution in [3.63, 3.8) is 0 Å². The second kappa shape index (κ2) is 8.45. The van der Waals surface area contributed by atoms with Crippen LogP contribution < -0.4 is 10.1 Å². The number of aromatic nitrogens is 2. The molecular formula is C19H23ClFN3O4. The molecule has 1 aromatic heterocycles. The Morgan fingerprint density at radius 2 is 2.04 bits per heavy atom. The number of hydrogen-bond donors (Lipinski definition) is 1. The molecule has 1 unspecified atom stereocenters. The lowest BCUT2D eigenvalue weighted by molar-refractivity contribution is -0.131. The summed E-state index contributed by atoms with van der Waals surface area (Å²) in [6.07, 6.45) is 0.139. The molecule has 0 bridgehead atoms. The van der Waals surface area contributed by atoms with Crippen molar-refractivity contribution in [2.24, 2.45) is 0 Å². The molecule has 0 saturated carbocycles. The van der Waals surface area contributed by atoms with Crippen molar-refractivity contribution in [1.82, 2.24) is 15.5 Å². The summed E-state index contributed by atoms with van der Waals surface area (Å²) in [5.41, 5.74) is -0.820. The van der Waals surface area contributed by atoms with E-state index in [4.69, 9.17) is 25.6 Å². The molecule has 9 heteroatoms. The van der Waals surface area contributed by atoms with E-state index < -0.39 is 17.5 Å². The summed E-state index contributed by atoms with van der Waals surface area (Å²) in [6, 6.07) is 3.74. The minimum absolute atomic E-state index is 0.0962. The molecular weight excluding hydrogens is 389 g/mol. The van der Waals surface area contributed by atoms with Crippen LogP contribution in [0.3, 0.4) is 0 Å². The van der Waals surface area contributed by atoms with Crippen molar-refractivity contribution in [3.8, 4) is 5.75 Å². The van der Waals surface area contributed by atoms with Crippen LogP contribution in [-0.2, 0) is 15.1 Å². The molecule has 7 nitrogen and oxygen atoms in total. The van der Waals surface area contributed by atoms with E-state index in [0.29, 0.717) is 37.8 Å². The number of hydrogen-bond acceptors (Lipinski definition) is 6. The van der Waals surface area contributed by atoms with Gasteiger partial charge in [0, 0.05) is 32.0 Å². The van der Waals surface area contributed by atoms with Crippen molar-refractivity contribution in [3.05, 3.63) is 40.8 Å². The number of rotatable bonds is 6. The standard InChI is InChI=1S/C19H23ClFN3O4/c1-11(2)16-22-18(28-24-16)19(6-8-26-9-7-19)23-17(25)12(3)27-15-5-4-13(21)10-14(15)20/h4-5,10-12H,6-9H2,1-3H3,(H,23,25). The van der Waals surface area contributed by atoms with Gasteiger partial charge in [0.25, 0.3) is 11.8 Å². The van der Waals surface area contributed by atoms with Gasteiger partial charge in [-0.05, 0) is 25.1 Å². The third-order valence-electron chi connectivity index (χ3n) is 4.64. The Morgan fingerprint density at radius 1 is 1.32 bits per heavy atom. The molecule has 0 aliphatic carbocycles. The van der Waals surface area contributed by atoms with Crippen molar-refractivity contribution >= 4 is 17.5 Å². The SMILES string of the molecule is CC(Oc1ccc(F)cc1Cl)C(=O)NC1(c2nc(C(C)C)no2)CCOCC1. The summed E-state index contributed by atoms with van der Waals surface area (Å²) < 4.78 is 29.7. The number of carbonyl (C=O) groups is 1. The molecule has 0 spiro atoms. The first-order valence-corrected chi connectivity index (χ1v) is 9.54. The fourth-order valence-corrected chi connectivity index (χ4v) is 3.14. The zero-order valence-electron chi connectivity index (χ0n) is 16.0. The molecule has 1 amide bonds. The van der Waals surface area contributed by atoms with E-state index in [2.05, 4.69) is 15.5 Å². The molecule has 2 heterocycles. The molecule has 1 aliphatic heterocycles. The van der Waals surface area contributed by atoms with Gasteiger partial charge in [0.05, 0.1) is 5.02 Å². The van der Waals surface area contributed by atoms with Crippen LogP contribution in [0.25, 0.3) is 0 Å². The van der Waals surface area contributed by atoms with Gasteiger partial charge in [-0.1, -0.05) is 30.6 Å². The summed E-state index contributed by atoms with van der Waals surface area (Å²) in [5.74, 6) is 0.427. The number of amides is 1. The Balaban J connectivity index is 1.77. The zero-order chi connectivity index (χ0) is 20.3. The minimum atomic E-state index is -0.866. The maximum absolute atomic E-state index is 13.2. The lowest BCUT2D eigenvalue weighted by Crippen LogP contribution is -2.53. The summed E-state index contributed by atoms with van der Waals surface area (Å²) in [6.45, 7) is 6.44. The third kappa shape index (κ3) is 4.44. The van der Waals surface area contributed by atoms with Crippen molar-refractivity contribution in [1.29, 1.82) is 0 Å². The highest BCUT2D eigenvalue weighted by atomic mass is 35.5. The van der Waals surface area contributed by atoms with Crippen LogP contribution in [0.4, 0.5) is 4.39 Å². The molecule has 3 rings (SSSR count). The summed E-state index contributed by atoms with van der Waals surface area (Å²) in [5, 5.41) is 7.10. The number of carbonyl (C=O) groups excluding carboxylic acids is 1. The molecule has 1 aliphatic rings. The number of nitrogens with one attached hydrogen (secondary N) is 1. The van der Waals surface area contributed by atoms with Crippen LogP contribution in [0.2, 0.25) is 5.02 Å². The lowest BCUT2D eigenvalue weighted by Gasteiger charge is -2.35. The van der Waals surface area contributed by atoms with Gasteiger partial charge in [-0.25, -0.2) is 4.39 Å². The Kier molecular flexibility index (Phi) is 6.20. The number of ether oxygens (including phenoxy) is 2. The van der Waals surface area contributed by atoms with Crippen LogP contribution in [0.1, 0.15) is 51.2 Å². The predicted molar refractivity (Wildman–Crippen MR) is 99.8 cm³/mol. The smallest absolute Gasteiger partial charge is 0.261 e. The van der Waals surface area contributed by atoms with Gasteiger partial charge in [0.1, 0.15) is 17.1 Å². The van der Waals surface area contributed by atoms with Gasteiger partial charge in [0.2, 0.25) is 0 Å². The van der Waals surface area contributed by atoms with E-state index in [1.54, 1.807) is 6.92 Å². The Labute approximate surface area is 167 Å². The summed E-state index contributed by atoms with van der Waals surface area (Å²) in [7, 11) is 0. The van der Waals surface area contributed by atoms with E-state index in [9.17, 15) is 9.18 Å². The average Bonchev–Trinajstić information content (AvgIpc) is 3.16. The van der Waals surface area contributed by atoms with Gasteiger partial charge in [-0.2, -0.15) is 4.98 Å². The van der Waals surface area contributed by atoms with E-state index in [1.165, 1.54) is 12.1 Å². The van der Waals surface area contributed by atoms with E-state index in [-0.39, 0.29) is 22.6 Å². The fraction of sp³-hybridized carbons (Fsp3) is 0.526. The number of halogens is 2. The largest absolute Gasteiger partial charge is 0.479 e.